The number of nitrogens with zero attached hydrogens (tertiary/aromatic N) is 1. The lowest BCUT2D eigenvalue weighted by Crippen LogP contribution is -2.65. The van der Waals surface area contributed by atoms with E-state index in [1.54, 1.807) is 0 Å². The van der Waals surface area contributed by atoms with Gasteiger partial charge in [0.15, 0.2) is 11.4 Å². The average Bonchev–Trinajstić information content (AvgIpc) is 3.26. The number of fused-ring (bicyclic) bond motifs is 4. The highest BCUT2D eigenvalue weighted by Crippen LogP contribution is 2.53. The number of phenols is 1. The minimum atomic E-state index is -2.78. The molecular weight excluding hydrogens is 473 g/mol. The van der Waals surface area contributed by atoms with Gasteiger partial charge in [-0.25, -0.2) is 4.39 Å². The van der Waals surface area contributed by atoms with Crippen molar-refractivity contribution in [2.75, 3.05) is 6.54 Å². The van der Waals surface area contributed by atoms with Crippen LogP contribution in [-0.2, 0) is 33.9 Å². The van der Waals surface area contributed by atoms with Crippen molar-refractivity contribution in [2.24, 2.45) is 23.3 Å². The third-order valence-electron chi connectivity index (χ3n) is 8.15. The molecule has 3 aliphatic carbocycles. The van der Waals surface area contributed by atoms with E-state index in [-0.39, 0.29) is 41.8 Å². The Balaban J connectivity index is 1.66. The van der Waals surface area contributed by atoms with Gasteiger partial charge >= 0.3 is 0 Å². The van der Waals surface area contributed by atoms with E-state index in [0.717, 1.165) is 12.8 Å². The molecule has 36 heavy (non-hydrogen) atoms. The molecule has 1 fully saturated rings. The van der Waals surface area contributed by atoms with Crippen molar-refractivity contribution in [3.8, 4) is 5.75 Å². The summed E-state index contributed by atoms with van der Waals surface area (Å²) < 4.78 is 15.7. The third kappa shape index (κ3) is 3.02. The fraction of sp³-hybridized carbons (Fsp3) is 0.480. The van der Waals surface area contributed by atoms with Crippen LogP contribution in [-0.4, -0.2) is 61.0 Å². The lowest BCUT2D eigenvalue weighted by atomic mass is 9.58. The number of phenolic OH excluding ortho intramolecular Hbond substituents is 1. The second kappa shape index (κ2) is 8.12. The first kappa shape index (κ1) is 24.4. The average molecular weight is 502 g/mol. The molecule has 11 heteroatoms. The Morgan fingerprint density at radius 3 is 2.47 bits per heavy atom. The van der Waals surface area contributed by atoms with Crippen LogP contribution in [0.3, 0.4) is 0 Å². The zero-order valence-corrected chi connectivity index (χ0v) is 19.7. The molecule has 0 radical (unpaired) electrons. The lowest BCUT2D eigenvalue weighted by Gasteiger charge is -2.48. The number of aromatic hydroxyl groups is 1. The third-order valence-corrected chi connectivity index (χ3v) is 8.15. The zero-order chi connectivity index (χ0) is 26.3. The zero-order valence-electron chi connectivity index (χ0n) is 19.7. The number of aliphatic hydroxyl groups excluding tert-OH is 2. The standard InChI is InChI=1S/C25H28FN3O7/c1-2-3-4-29-7-11-12(8-29)19(30)15-10(17(11)26)5-9-6-13-18(27)21(32)16(24(28)35)23(34)25(13,36)22(33)14(9)20(15)31/h9,13,18,30-31,34,36H,2-8,27H2,1H3,(H2,28,35)/t9-,13-,18-,25-/m0/s1. The number of nitrogens with two attached hydrogens (primary N) is 2. The molecule has 4 atom stereocenters. The van der Waals surface area contributed by atoms with E-state index in [4.69, 9.17) is 11.5 Å². The van der Waals surface area contributed by atoms with Crippen molar-refractivity contribution >= 4 is 23.2 Å². The highest BCUT2D eigenvalue weighted by Gasteiger charge is 2.63. The quantitative estimate of drug-likeness (QED) is 0.321. The first-order valence-corrected chi connectivity index (χ1v) is 12.0. The molecule has 8 N–H and O–H groups in total. The summed E-state index contributed by atoms with van der Waals surface area (Å²) in [5.41, 5.74) is 7.60. The Morgan fingerprint density at radius 2 is 1.83 bits per heavy atom. The SMILES string of the molecule is CCCCN1Cc2c(O)c3c(c(F)c2C1)C[C@H]1C[C@H]2[C@H](N)C(=O)C(C(N)=O)=C(O)[C@@]2(O)C(=O)C1=C3O. The summed E-state index contributed by atoms with van der Waals surface area (Å²) in [7, 11) is 0. The number of hydrogen-bond acceptors (Lipinski definition) is 9. The van der Waals surface area contributed by atoms with E-state index in [0.29, 0.717) is 24.2 Å². The maximum absolute atomic E-state index is 15.7. The molecule has 0 aromatic heterocycles. The van der Waals surface area contributed by atoms with Gasteiger partial charge in [0.2, 0.25) is 5.78 Å². The molecule has 0 saturated heterocycles. The number of unbranched alkanes of at least 4 members (excludes halogenated alkanes) is 1. The highest BCUT2D eigenvalue weighted by atomic mass is 19.1. The van der Waals surface area contributed by atoms with Crippen LogP contribution < -0.4 is 11.5 Å². The van der Waals surface area contributed by atoms with Crippen LogP contribution in [0.4, 0.5) is 4.39 Å². The molecule has 10 nitrogen and oxygen atoms in total. The van der Waals surface area contributed by atoms with Crippen molar-refractivity contribution in [3.63, 3.8) is 0 Å². The molecule has 1 amide bonds. The number of aliphatic hydroxyl groups is 3. The normalized spacial score (nSPS) is 29.7. The van der Waals surface area contributed by atoms with Crippen molar-refractivity contribution in [1.29, 1.82) is 0 Å². The maximum Gasteiger partial charge on any atom is 0.255 e. The number of rotatable bonds is 4. The Bertz CT molecular complexity index is 1300. The Morgan fingerprint density at radius 1 is 1.17 bits per heavy atom. The number of benzene rings is 1. The molecule has 1 aromatic carbocycles. The molecule has 5 rings (SSSR count). The number of hydrogen-bond donors (Lipinski definition) is 6. The maximum atomic E-state index is 15.7. The van der Waals surface area contributed by atoms with E-state index in [1.165, 1.54) is 0 Å². The summed E-state index contributed by atoms with van der Waals surface area (Å²) in [6.07, 6.45) is 1.58. The second-order valence-electron chi connectivity index (χ2n) is 10.1. The number of carbonyl (C=O) groups excluding carboxylic acids is 3. The summed E-state index contributed by atoms with van der Waals surface area (Å²) in [6, 6.07) is -1.53. The van der Waals surface area contributed by atoms with Gasteiger partial charge in [-0.15, -0.1) is 0 Å². The predicted octanol–water partition coefficient (Wildman–Crippen LogP) is 0.616. The predicted molar refractivity (Wildman–Crippen MR) is 124 cm³/mol. The van der Waals surface area contributed by atoms with E-state index < -0.39 is 63.9 Å². The van der Waals surface area contributed by atoms with Crippen molar-refractivity contribution < 1.29 is 39.2 Å². The molecule has 192 valence electrons. The van der Waals surface area contributed by atoms with Gasteiger partial charge in [0.25, 0.3) is 5.91 Å². The monoisotopic (exact) mass is 501 g/mol. The molecule has 4 aliphatic rings. The molecule has 1 saturated carbocycles. The van der Waals surface area contributed by atoms with Gasteiger partial charge in [-0.2, -0.15) is 0 Å². The van der Waals surface area contributed by atoms with Crippen molar-refractivity contribution in [1.82, 2.24) is 4.90 Å². The van der Waals surface area contributed by atoms with E-state index in [2.05, 4.69) is 0 Å². The summed E-state index contributed by atoms with van der Waals surface area (Å²) in [6.45, 7) is 3.32. The summed E-state index contributed by atoms with van der Waals surface area (Å²) in [5, 5.41) is 44.3. The second-order valence-corrected chi connectivity index (χ2v) is 10.1. The molecule has 0 bridgehead atoms. The van der Waals surface area contributed by atoms with Gasteiger partial charge in [0, 0.05) is 41.3 Å². The number of ketones is 2. The van der Waals surface area contributed by atoms with Gasteiger partial charge < -0.3 is 31.9 Å². The molecule has 1 aliphatic heterocycles. The van der Waals surface area contributed by atoms with Gasteiger partial charge in [-0.1, -0.05) is 13.3 Å². The molecule has 0 unspecified atom stereocenters. The van der Waals surface area contributed by atoms with Crippen molar-refractivity contribution in [3.05, 3.63) is 45.0 Å². The van der Waals surface area contributed by atoms with E-state index in [1.807, 2.05) is 11.8 Å². The lowest BCUT2D eigenvalue weighted by molar-refractivity contribution is -0.149. The Kier molecular flexibility index (Phi) is 5.51. The van der Waals surface area contributed by atoms with Gasteiger partial charge in [0.1, 0.15) is 28.7 Å². The van der Waals surface area contributed by atoms with Crippen LogP contribution in [0, 0.1) is 17.7 Å². The van der Waals surface area contributed by atoms with Crippen LogP contribution in [0.5, 0.6) is 5.75 Å². The topological polar surface area (TPSA) is 187 Å². The number of halogens is 1. The summed E-state index contributed by atoms with van der Waals surface area (Å²) in [4.78, 5) is 40.0. The van der Waals surface area contributed by atoms with Crippen LogP contribution in [0.1, 0.15) is 48.4 Å². The minimum Gasteiger partial charge on any atom is -0.508 e. The number of amides is 1. The van der Waals surface area contributed by atoms with Gasteiger partial charge in [-0.3, -0.25) is 19.3 Å². The molecule has 0 spiro atoms. The summed E-state index contributed by atoms with van der Waals surface area (Å²) in [5.74, 6) is -8.54. The smallest absolute Gasteiger partial charge is 0.255 e. The van der Waals surface area contributed by atoms with Gasteiger partial charge in [0.05, 0.1) is 11.6 Å². The Labute approximate surface area is 205 Å². The van der Waals surface area contributed by atoms with E-state index in [9.17, 15) is 34.8 Å². The number of primary amides is 1. The summed E-state index contributed by atoms with van der Waals surface area (Å²) >= 11 is 0. The number of Topliss-reactive ketones (excluding diaryl/α,β-unsaturated/α-hetero) is 2. The van der Waals surface area contributed by atoms with Crippen LogP contribution in [0.15, 0.2) is 16.9 Å². The highest BCUT2D eigenvalue weighted by molar-refractivity contribution is 6.24. The Hall–Kier alpha value is -3.28. The molecular formula is C25H28FN3O7. The molecule has 1 heterocycles. The van der Waals surface area contributed by atoms with Gasteiger partial charge in [-0.05, 0) is 31.7 Å². The first-order chi connectivity index (χ1) is 16.9. The molecule has 1 aromatic rings. The first-order valence-electron chi connectivity index (χ1n) is 12.0. The fourth-order valence-electron chi connectivity index (χ4n) is 6.29. The van der Waals surface area contributed by atoms with E-state index >= 15 is 4.39 Å². The minimum absolute atomic E-state index is 0.0429. The number of carbonyl (C=O) groups is 3. The fourth-order valence-corrected chi connectivity index (χ4v) is 6.29. The van der Waals surface area contributed by atoms with Crippen LogP contribution >= 0.6 is 0 Å². The van der Waals surface area contributed by atoms with Crippen molar-refractivity contribution in [2.45, 2.75) is 57.3 Å². The largest absolute Gasteiger partial charge is 0.508 e. The van der Waals surface area contributed by atoms with Crippen LogP contribution in [0.25, 0.3) is 5.76 Å². The van der Waals surface area contributed by atoms with Crippen LogP contribution in [0.2, 0.25) is 0 Å².